The Balaban J connectivity index is 1.70. The lowest BCUT2D eigenvalue weighted by Crippen LogP contribution is -2.42. The molecule has 2 amide bonds. The van der Waals surface area contributed by atoms with Crippen molar-refractivity contribution in [3.05, 3.63) is 52.5 Å². The molecule has 0 fully saturated rings. The summed E-state index contributed by atoms with van der Waals surface area (Å²) >= 11 is 1.66. The van der Waals surface area contributed by atoms with Crippen molar-refractivity contribution >= 4 is 17.4 Å². The first-order chi connectivity index (χ1) is 11.2. The molecular weight excluding hydrogens is 308 g/mol. The van der Waals surface area contributed by atoms with E-state index < -0.39 is 0 Å². The molecular formula is C17H22N4OS. The number of hydrogen-bond acceptors (Lipinski definition) is 3. The molecule has 1 aliphatic carbocycles. The van der Waals surface area contributed by atoms with Crippen LogP contribution in [-0.4, -0.2) is 27.3 Å². The maximum atomic E-state index is 12.7. The molecule has 2 aromatic rings. The number of carbonyl (C=O) groups excluding carboxylic acids is 1. The van der Waals surface area contributed by atoms with Crippen molar-refractivity contribution < 1.29 is 4.79 Å². The van der Waals surface area contributed by atoms with Gasteiger partial charge in [-0.3, -0.25) is 4.68 Å². The minimum atomic E-state index is -0.0417. The number of nitrogens with zero attached hydrogens (tertiary/aromatic N) is 3. The van der Waals surface area contributed by atoms with Crippen LogP contribution >= 0.6 is 11.3 Å². The minimum absolute atomic E-state index is 0.0417. The summed E-state index contributed by atoms with van der Waals surface area (Å²) < 4.78 is 1.92. The molecule has 5 nitrogen and oxygen atoms in total. The molecule has 3 rings (SSSR count). The molecule has 0 radical (unpaired) electrons. The number of thiophene rings is 1. The minimum Gasteiger partial charge on any atom is -0.331 e. The number of rotatable bonds is 5. The second-order valence-corrected chi connectivity index (χ2v) is 6.85. The number of carbonyl (C=O) groups is 1. The average molecular weight is 330 g/mol. The molecule has 0 saturated heterocycles. The number of amides is 2. The van der Waals surface area contributed by atoms with Gasteiger partial charge in [0.25, 0.3) is 0 Å². The third-order valence-electron chi connectivity index (χ3n) is 4.24. The first kappa shape index (κ1) is 15.8. The van der Waals surface area contributed by atoms with Crippen molar-refractivity contribution in [1.82, 2.24) is 20.0 Å². The molecule has 122 valence electrons. The number of fused-ring (bicyclic) bond motifs is 1. The zero-order chi connectivity index (χ0) is 16.2. The molecule has 1 aliphatic rings. The molecule has 6 heteroatoms. The predicted molar refractivity (Wildman–Crippen MR) is 92.3 cm³/mol. The van der Waals surface area contributed by atoms with E-state index in [1.54, 1.807) is 22.3 Å². The highest BCUT2D eigenvalue weighted by molar-refractivity contribution is 7.09. The Bertz CT molecular complexity index is 677. The fraction of sp³-hybridized carbons (Fsp3) is 0.412. The van der Waals surface area contributed by atoms with Crippen LogP contribution in [0.5, 0.6) is 0 Å². The van der Waals surface area contributed by atoms with E-state index >= 15 is 0 Å². The second kappa shape index (κ2) is 7.00. The fourth-order valence-corrected chi connectivity index (χ4v) is 3.78. The van der Waals surface area contributed by atoms with Crippen LogP contribution in [-0.2, 0) is 20.0 Å². The van der Waals surface area contributed by atoms with Gasteiger partial charge in [-0.1, -0.05) is 12.1 Å². The van der Waals surface area contributed by atoms with Crippen LogP contribution in [0, 0.1) is 0 Å². The van der Waals surface area contributed by atoms with Crippen molar-refractivity contribution in [2.75, 3.05) is 6.54 Å². The number of hydrogen-bond donors (Lipinski definition) is 1. The standard InChI is InChI=1S/C17H22N4OS/c1-3-9-21(12-13-6-5-10-23-13)17(22)19-15-7-4-8-16-14(15)11-18-20(16)2/h3,5-6,10-11,15H,1,4,7-9,12H2,2H3,(H,19,22)/t15-/m1/s1. The zero-order valence-corrected chi connectivity index (χ0v) is 14.2. The smallest absolute Gasteiger partial charge is 0.318 e. The van der Waals surface area contributed by atoms with Crippen LogP contribution in [0.4, 0.5) is 4.79 Å². The molecule has 0 saturated carbocycles. The van der Waals surface area contributed by atoms with E-state index in [0.717, 1.165) is 24.8 Å². The molecule has 1 atom stereocenters. The summed E-state index contributed by atoms with van der Waals surface area (Å²) in [4.78, 5) is 15.7. The van der Waals surface area contributed by atoms with Gasteiger partial charge in [0.05, 0.1) is 18.8 Å². The largest absolute Gasteiger partial charge is 0.331 e. The maximum Gasteiger partial charge on any atom is 0.318 e. The third kappa shape index (κ3) is 3.47. The van der Waals surface area contributed by atoms with E-state index in [9.17, 15) is 4.79 Å². The molecule has 23 heavy (non-hydrogen) atoms. The van der Waals surface area contributed by atoms with Crippen LogP contribution < -0.4 is 5.32 Å². The molecule has 0 unspecified atom stereocenters. The Morgan fingerprint density at radius 3 is 3.26 bits per heavy atom. The number of aryl methyl sites for hydroxylation is 1. The van der Waals surface area contributed by atoms with Crippen molar-refractivity contribution in [3.8, 4) is 0 Å². The summed E-state index contributed by atoms with van der Waals surface area (Å²) in [7, 11) is 1.96. The molecule has 2 aromatic heterocycles. The quantitative estimate of drug-likeness (QED) is 0.856. The van der Waals surface area contributed by atoms with E-state index in [1.165, 1.54) is 10.6 Å². The average Bonchev–Trinajstić information content (AvgIpc) is 3.18. The van der Waals surface area contributed by atoms with Crippen LogP contribution in [0.2, 0.25) is 0 Å². The van der Waals surface area contributed by atoms with Gasteiger partial charge in [0.1, 0.15) is 0 Å². The Morgan fingerprint density at radius 2 is 2.52 bits per heavy atom. The van der Waals surface area contributed by atoms with Gasteiger partial charge in [0, 0.05) is 29.7 Å². The molecule has 1 N–H and O–H groups in total. The topological polar surface area (TPSA) is 50.2 Å². The highest BCUT2D eigenvalue weighted by atomic mass is 32.1. The van der Waals surface area contributed by atoms with Gasteiger partial charge in [-0.15, -0.1) is 17.9 Å². The molecule has 0 aromatic carbocycles. The number of aromatic nitrogens is 2. The van der Waals surface area contributed by atoms with Gasteiger partial charge in [0.15, 0.2) is 0 Å². The monoisotopic (exact) mass is 330 g/mol. The van der Waals surface area contributed by atoms with Crippen LogP contribution in [0.1, 0.15) is 35.0 Å². The second-order valence-electron chi connectivity index (χ2n) is 5.81. The van der Waals surface area contributed by atoms with Crippen molar-refractivity contribution in [3.63, 3.8) is 0 Å². The van der Waals surface area contributed by atoms with Gasteiger partial charge in [-0.25, -0.2) is 4.79 Å². The Morgan fingerprint density at radius 1 is 1.65 bits per heavy atom. The molecule has 0 aliphatic heterocycles. The molecule has 0 bridgehead atoms. The lowest BCUT2D eigenvalue weighted by atomic mass is 9.93. The summed E-state index contributed by atoms with van der Waals surface area (Å²) in [6, 6.07) is 4.07. The first-order valence-electron chi connectivity index (χ1n) is 7.88. The lowest BCUT2D eigenvalue weighted by Gasteiger charge is -2.28. The zero-order valence-electron chi connectivity index (χ0n) is 13.4. The summed E-state index contributed by atoms with van der Waals surface area (Å²) in [5.41, 5.74) is 2.39. The number of urea groups is 1. The Hall–Kier alpha value is -2.08. The lowest BCUT2D eigenvalue weighted by molar-refractivity contribution is 0.195. The molecule has 2 heterocycles. The van der Waals surface area contributed by atoms with Crippen molar-refractivity contribution in [2.24, 2.45) is 7.05 Å². The van der Waals surface area contributed by atoms with E-state index in [2.05, 4.69) is 17.0 Å². The Kier molecular flexibility index (Phi) is 4.81. The van der Waals surface area contributed by atoms with Crippen molar-refractivity contribution in [1.29, 1.82) is 0 Å². The van der Waals surface area contributed by atoms with Gasteiger partial charge in [0.2, 0.25) is 0 Å². The highest BCUT2D eigenvalue weighted by Crippen LogP contribution is 2.29. The van der Waals surface area contributed by atoms with E-state index in [1.807, 2.05) is 35.4 Å². The molecule has 0 spiro atoms. The summed E-state index contributed by atoms with van der Waals surface area (Å²) in [5, 5.41) is 9.54. The SMILES string of the molecule is C=CCN(Cc1cccs1)C(=O)N[C@@H]1CCCc2c1cnn2C. The van der Waals surface area contributed by atoms with Crippen LogP contribution in [0.3, 0.4) is 0 Å². The van der Waals surface area contributed by atoms with E-state index in [4.69, 9.17) is 0 Å². The van der Waals surface area contributed by atoms with Crippen molar-refractivity contribution in [2.45, 2.75) is 31.8 Å². The summed E-state index contributed by atoms with van der Waals surface area (Å²) in [6.07, 6.45) is 6.72. The third-order valence-corrected chi connectivity index (χ3v) is 5.10. The maximum absolute atomic E-state index is 12.7. The van der Waals surface area contributed by atoms with Gasteiger partial charge in [-0.05, 0) is 30.7 Å². The highest BCUT2D eigenvalue weighted by Gasteiger charge is 2.26. The van der Waals surface area contributed by atoms with Crippen LogP contribution in [0.25, 0.3) is 0 Å². The van der Waals surface area contributed by atoms with Crippen LogP contribution in [0.15, 0.2) is 36.4 Å². The summed E-state index contributed by atoms with van der Waals surface area (Å²) in [6.45, 7) is 4.92. The van der Waals surface area contributed by atoms with Gasteiger partial charge >= 0.3 is 6.03 Å². The van der Waals surface area contributed by atoms with E-state index in [0.29, 0.717) is 13.1 Å². The first-order valence-corrected chi connectivity index (χ1v) is 8.76. The van der Waals surface area contributed by atoms with Gasteiger partial charge in [-0.2, -0.15) is 5.10 Å². The van der Waals surface area contributed by atoms with Gasteiger partial charge < -0.3 is 10.2 Å². The normalized spacial score (nSPS) is 16.7. The summed E-state index contributed by atoms with van der Waals surface area (Å²) in [5.74, 6) is 0. The van der Waals surface area contributed by atoms with E-state index in [-0.39, 0.29) is 12.1 Å². The number of nitrogens with one attached hydrogen (secondary N) is 1. The fourth-order valence-electron chi connectivity index (χ4n) is 3.06. The predicted octanol–water partition coefficient (Wildman–Crippen LogP) is 3.26. The Labute approximate surface area is 140 Å².